The van der Waals surface area contributed by atoms with Crippen LogP contribution in [0.3, 0.4) is 0 Å². The minimum Gasteiger partial charge on any atom is -0.494 e. The van der Waals surface area contributed by atoms with E-state index in [0.717, 1.165) is 50.5 Å². The number of guanidine groups is 1. The molecule has 1 aliphatic rings. The van der Waals surface area contributed by atoms with Crippen molar-refractivity contribution in [3.63, 3.8) is 0 Å². The van der Waals surface area contributed by atoms with Crippen molar-refractivity contribution in [2.24, 2.45) is 4.99 Å². The smallest absolute Gasteiger partial charge is 0.409 e. The van der Waals surface area contributed by atoms with Crippen molar-refractivity contribution in [3.05, 3.63) is 29.8 Å². The first-order chi connectivity index (χ1) is 13.7. The van der Waals surface area contributed by atoms with E-state index in [1.807, 2.05) is 12.1 Å². The zero-order valence-corrected chi connectivity index (χ0v) is 20.1. The van der Waals surface area contributed by atoms with Gasteiger partial charge in [0, 0.05) is 32.2 Å². The second-order valence-electron chi connectivity index (χ2n) is 6.88. The number of nitrogens with zero attached hydrogens (tertiary/aromatic N) is 2. The van der Waals surface area contributed by atoms with Crippen LogP contribution in [0, 0.1) is 0 Å². The number of nitrogens with one attached hydrogen (secondary N) is 2. The first-order valence-corrected chi connectivity index (χ1v) is 10.3. The van der Waals surface area contributed by atoms with E-state index in [-0.39, 0.29) is 30.1 Å². The fraction of sp³-hybridized carbons (Fsp3) is 0.619. The number of carbonyl (C=O) groups excluding carboxylic acids is 1. The molecule has 1 heterocycles. The van der Waals surface area contributed by atoms with Crippen LogP contribution >= 0.6 is 24.0 Å². The standard InChI is InChI=1S/C21H34N4O3.HI/c1-4-15-28-19-8-6-7-17(16-19)9-12-23-20(22-5-2)24-18-10-13-25(14-11-18)21(26)27-3;/h6-8,16,18H,4-5,9-15H2,1-3H3,(H2,22,23,24);1H. The van der Waals surface area contributed by atoms with Crippen molar-refractivity contribution in [2.45, 2.75) is 45.6 Å². The van der Waals surface area contributed by atoms with Gasteiger partial charge < -0.3 is 25.0 Å². The second kappa shape index (κ2) is 14.3. The van der Waals surface area contributed by atoms with Crippen LogP contribution < -0.4 is 15.4 Å². The highest BCUT2D eigenvalue weighted by Crippen LogP contribution is 2.14. The molecule has 0 unspecified atom stereocenters. The van der Waals surface area contributed by atoms with Gasteiger partial charge >= 0.3 is 6.09 Å². The SMILES string of the molecule is CCCOc1cccc(CCN=C(NCC)NC2CCN(C(=O)OC)CC2)c1.I. The summed E-state index contributed by atoms with van der Waals surface area (Å²) in [6.07, 6.45) is 3.39. The first-order valence-electron chi connectivity index (χ1n) is 10.3. The van der Waals surface area contributed by atoms with E-state index in [0.29, 0.717) is 25.7 Å². The van der Waals surface area contributed by atoms with E-state index in [1.54, 1.807) is 4.90 Å². The maximum atomic E-state index is 11.6. The van der Waals surface area contributed by atoms with Gasteiger partial charge in [-0.2, -0.15) is 0 Å². The molecule has 1 amide bonds. The summed E-state index contributed by atoms with van der Waals surface area (Å²) in [5, 5.41) is 6.80. The summed E-state index contributed by atoms with van der Waals surface area (Å²) < 4.78 is 10.5. The van der Waals surface area contributed by atoms with Crippen LogP contribution in [0.25, 0.3) is 0 Å². The monoisotopic (exact) mass is 518 g/mol. The topological polar surface area (TPSA) is 75.2 Å². The Hall–Kier alpha value is -1.71. The second-order valence-corrected chi connectivity index (χ2v) is 6.88. The molecule has 1 aromatic carbocycles. The molecule has 0 radical (unpaired) electrons. The van der Waals surface area contributed by atoms with E-state index in [2.05, 4.69) is 36.6 Å². The average Bonchev–Trinajstić information content (AvgIpc) is 2.72. The molecule has 164 valence electrons. The third kappa shape index (κ3) is 9.10. The molecular formula is C21H35IN4O3. The summed E-state index contributed by atoms with van der Waals surface area (Å²) in [5.41, 5.74) is 1.22. The van der Waals surface area contributed by atoms with Crippen molar-refractivity contribution in [2.75, 3.05) is 39.9 Å². The summed E-state index contributed by atoms with van der Waals surface area (Å²) in [5.74, 6) is 1.75. The Morgan fingerprint density at radius 3 is 2.69 bits per heavy atom. The highest BCUT2D eigenvalue weighted by Gasteiger charge is 2.23. The minimum atomic E-state index is -0.246. The fourth-order valence-electron chi connectivity index (χ4n) is 3.16. The molecule has 8 heteroatoms. The Bertz CT molecular complexity index is 634. The lowest BCUT2D eigenvalue weighted by Gasteiger charge is -2.32. The van der Waals surface area contributed by atoms with Crippen LogP contribution in [0.2, 0.25) is 0 Å². The highest BCUT2D eigenvalue weighted by atomic mass is 127. The number of ether oxygens (including phenoxy) is 2. The molecule has 0 atom stereocenters. The Labute approximate surface area is 191 Å². The molecule has 0 aromatic heterocycles. The number of piperidine rings is 1. The van der Waals surface area contributed by atoms with Gasteiger partial charge in [0.05, 0.1) is 13.7 Å². The van der Waals surface area contributed by atoms with Crippen molar-refractivity contribution < 1.29 is 14.3 Å². The van der Waals surface area contributed by atoms with Gasteiger partial charge in [0.25, 0.3) is 0 Å². The molecule has 2 rings (SSSR count). The van der Waals surface area contributed by atoms with Gasteiger partial charge in [0.2, 0.25) is 0 Å². The third-order valence-corrected chi connectivity index (χ3v) is 4.65. The normalized spacial score (nSPS) is 14.7. The molecule has 29 heavy (non-hydrogen) atoms. The van der Waals surface area contributed by atoms with Gasteiger partial charge in [-0.25, -0.2) is 4.79 Å². The van der Waals surface area contributed by atoms with E-state index < -0.39 is 0 Å². The van der Waals surface area contributed by atoms with Gasteiger partial charge in [-0.05, 0) is 50.3 Å². The molecule has 1 aromatic rings. The van der Waals surface area contributed by atoms with Crippen LogP contribution in [0.15, 0.2) is 29.3 Å². The lowest BCUT2D eigenvalue weighted by Crippen LogP contribution is -2.49. The highest BCUT2D eigenvalue weighted by molar-refractivity contribution is 14.0. The van der Waals surface area contributed by atoms with Gasteiger partial charge in [-0.1, -0.05) is 19.1 Å². The Morgan fingerprint density at radius 1 is 1.28 bits per heavy atom. The van der Waals surface area contributed by atoms with Crippen LogP contribution in [-0.2, 0) is 11.2 Å². The zero-order valence-electron chi connectivity index (χ0n) is 17.8. The minimum absolute atomic E-state index is 0. The average molecular weight is 518 g/mol. The van der Waals surface area contributed by atoms with Gasteiger partial charge in [0.1, 0.15) is 5.75 Å². The number of amides is 1. The van der Waals surface area contributed by atoms with Crippen molar-refractivity contribution in [3.8, 4) is 5.75 Å². The quantitative estimate of drug-likeness (QED) is 0.314. The number of carbonyl (C=O) groups is 1. The fourth-order valence-corrected chi connectivity index (χ4v) is 3.16. The number of benzene rings is 1. The Kier molecular flexibility index (Phi) is 12.5. The number of halogens is 1. The molecule has 1 saturated heterocycles. The Balaban J connectivity index is 0.00000420. The van der Waals surface area contributed by atoms with Gasteiger partial charge in [0.15, 0.2) is 5.96 Å². The van der Waals surface area contributed by atoms with E-state index in [9.17, 15) is 4.79 Å². The predicted octanol–water partition coefficient (Wildman–Crippen LogP) is 3.42. The van der Waals surface area contributed by atoms with Crippen molar-refractivity contribution in [1.29, 1.82) is 0 Å². The number of likely N-dealkylation sites (tertiary alicyclic amines) is 1. The van der Waals surface area contributed by atoms with Crippen molar-refractivity contribution >= 4 is 36.0 Å². The molecule has 1 aliphatic heterocycles. The van der Waals surface area contributed by atoms with Crippen LogP contribution in [0.4, 0.5) is 4.79 Å². The van der Waals surface area contributed by atoms with Gasteiger partial charge in [-0.3, -0.25) is 4.99 Å². The first kappa shape index (κ1) is 25.3. The molecule has 7 nitrogen and oxygen atoms in total. The molecule has 0 bridgehead atoms. The van der Waals surface area contributed by atoms with E-state index >= 15 is 0 Å². The van der Waals surface area contributed by atoms with Crippen LogP contribution in [-0.4, -0.2) is 62.9 Å². The molecule has 0 saturated carbocycles. The summed E-state index contributed by atoms with van der Waals surface area (Å²) in [4.78, 5) is 18.1. The third-order valence-electron chi connectivity index (χ3n) is 4.65. The summed E-state index contributed by atoms with van der Waals surface area (Å²) >= 11 is 0. The zero-order chi connectivity index (χ0) is 20.2. The molecular weight excluding hydrogens is 483 g/mol. The van der Waals surface area contributed by atoms with E-state index in [4.69, 9.17) is 14.5 Å². The lowest BCUT2D eigenvalue weighted by atomic mass is 10.1. The molecule has 0 aliphatic carbocycles. The largest absolute Gasteiger partial charge is 0.494 e. The predicted molar refractivity (Wildman–Crippen MR) is 127 cm³/mol. The number of hydrogen-bond donors (Lipinski definition) is 2. The molecule has 1 fully saturated rings. The number of methoxy groups -OCH3 is 1. The summed E-state index contributed by atoms with van der Waals surface area (Å²) in [6, 6.07) is 8.53. The maximum absolute atomic E-state index is 11.6. The lowest BCUT2D eigenvalue weighted by molar-refractivity contribution is 0.111. The number of hydrogen-bond acceptors (Lipinski definition) is 4. The number of aliphatic imine (C=N–C) groups is 1. The Morgan fingerprint density at radius 2 is 2.03 bits per heavy atom. The van der Waals surface area contributed by atoms with Crippen LogP contribution in [0.1, 0.15) is 38.7 Å². The maximum Gasteiger partial charge on any atom is 0.409 e. The molecule has 2 N–H and O–H groups in total. The van der Waals surface area contributed by atoms with Crippen molar-refractivity contribution in [1.82, 2.24) is 15.5 Å². The summed E-state index contributed by atoms with van der Waals surface area (Å²) in [6.45, 7) is 7.83. The van der Waals surface area contributed by atoms with E-state index in [1.165, 1.54) is 12.7 Å². The van der Waals surface area contributed by atoms with Crippen LogP contribution in [0.5, 0.6) is 5.75 Å². The summed E-state index contributed by atoms with van der Waals surface area (Å²) in [7, 11) is 1.42. The number of rotatable bonds is 8. The van der Waals surface area contributed by atoms with Gasteiger partial charge in [-0.15, -0.1) is 24.0 Å². The molecule has 0 spiro atoms.